The first-order valence-corrected chi connectivity index (χ1v) is 5.32. The van der Waals surface area contributed by atoms with Gasteiger partial charge in [-0.2, -0.15) is 0 Å². The molecule has 0 radical (unpaired) electrons. The summed E-state index contributed by atoms with van der Waals surface area (Å²) in [6.07, 6.45) is 1.53. The van der Waals surface area contributed by atoms with Gasteiger partial charge in [0.15, 0.2) is 5.11 Å². The van der Waals surface area contributed by atoms with Gasteiger partial charge in [-0.25, -0.2) is 0 Å². The van der Waals surface area contributed by atoms with Crippen molar-refractivity contribution in [3.63, 3.8) is 0 Å². The number of hydrogen-bond donors (Lipinski definition) is 1. The Hall–Kier alpha value is -1.89. The van der Waals surface area contributed by atoms with Gasteiger partial charge in [-0.3, -0.25) is 14.5 Å². The molecular formula is C10H10N2O4S. The smallest absolute Gasteiger partial charge is 0.323 e. The Morgan fingerprint density at radius 2 is 2.35 bits per heavy atom. The van der Waals surface area contributed by atoms with Crippen LogP contribution in [0.1, 0.15) is 5.76 Å². The summed E-state index contributed by atoms with van der Waals surface area (Å²) in [7, 11) is 0. The van der Waals surface area contributed by atoms with Crippen LogP contribution in [0, 0.1) is 0 Å². The molecule has 1 aliphatic heterocycles. The van der Waals surface area contributed by atoms with Crippen molar-refractivity contribution < 1.29 is 19.1 Å². The van der Waals surface area contributed by atoms with Gasteiger partial charge in [-0.1, -0.05) is 0 Å². The molecule has 1 amide bonds. The van der Waals surface area contributed by atoms with Crippen molar-refractivity contribution >= 4 is 29.2 Å². The van der Waals surface area contributed by atoms with Crippen molar-refractivity contribution in [1.82, 2.24) is 9.80 Å². The Labute approximate surface area is 102 Å². The molecule has 1 aromatic heterocycles. The second kappa shape index (κ2) is 4.54. The molecular weight excluding hydrogens is 244 g/mol. The highest BCUT2D eigenvalue weighted by molar-refractivity contribution is 7.80. The van der Waals surface area contributed by atoms with Crippen LogP contribution in [0.4, 0.5) is 0 Å². The number of furan rings is 1. The average molecular weight is 254 g/mol. The van der Waals surface area contributed by atoms with Crippen LogP contribution in [-0.4, -0.2) is 45.0 Å². The Morgan fingerprint density at radius 3 is 2.94 bits per heavy atom. The first kappa shape index (κ1) is 11.6. The van der Waals surface area contributed by atoms with E-state index in [1.165, 1.54) is 6.26 Å². The fourth-order valence-electron chi connectivity index (χ4n) is 1.60. The van der Waals surface area contributed by atoms with Crippen LogP contribution in [0.15, 0.2) is 22.8 Å². The summed E-state index contributed by atoms with van der Waals surface area (Å²) >= 11 is 5.06. The molecule has 7 heteroatoms. The molecule has 0 unspecified atom stereocenters. The summed E-state index contributed by atoms with van der Waals surface area (Å²) in [6.45, 7) is 0.0623. The van der Waals surface area contributed by atoms with Gasteiger partial charge in [0.05, 0.1) is 12.8 Å². The summed E-state index contributed by atoms with van der Waals surface area (Å²) in [5.74, 6) is -0.707. The Morgan fingerprint density at radius 1 is 1.59 bits per heavy atom. The van der Waals surface area contributed by atoms with Crippen LogP contribution in [0.25, 0.3) is 0 Å². The Kier molecular flexibility index (Phi) is 3.10. The van der Waals surface area contributed by atoms with Crippen molar-refractivity contribution in [2.45, 2.75) is 6.54 Å². The fraction of sp³-hybridized carbons (Fsp3) is 0.300. The van der Waals surface area contributed by atoms with Crippen molar-refractivity contribution in [3.05, 3.63) is 24.2 Å². The van der Waals surface area contributed by atoms with Gasteiger partial charge in [0.2, 0.25) is 5.91 Å². The molecule has 1 aromatic rings. The van der Waals surface area contributed by atoms with Crippen LogP contribution in [0.3, 0.4) is 0 Å². The summed E-state index contributed by atoms with van der Waals surface area (Å²) in [5.41, 5.74) is 0. The minimum atomic E-state index is -1.08. The zero-order chi connectivity index (χ0) is 12.4. The largest absolute Gasteiger partial charge is 0.480 e. The van der Waals surface area contributed by atoms with E-state index in [0.717, 1.165) is 4.90 Å². The van der Waals surface area contributed by atoms with Crippen molar-refractivity contribution in [2.24, 2.45) is 0 Å². The topological polar surface area (TPSA) is 74.0 Å². The highest BCUT2D eigenvalue weighted by atomic mass is 32.1. The highest BCUT2D eigenvalue weighted by Gasteiger charge is 2.34. The number of carboxylic acid groups (broad SMARTS) is 1. The first-order valence-electron chi connectivity index (χ1n) is 4.91. The Balaban J connectivity index is 2.05. The van der Waals surface area contributed by atoms with Crippen molar-refractivity contribution in [1.29, 1.82) is 0 Å². The number of nitrogens with zero attached hydrogens (tertiary/aromatic N) is 2. The summed E-state index contributed by atoms with van der Waals surface area (Å²) < 4.78 is 5.15. The molecule has 2 rings (SSSR count). The summed E-state index contributed by atoms with van der Waals surface area (Å²) in [5, 5.41) is 8.89. The minimum absolute atomic E-state index is 0.0901. The molecule has 6 nitrogen and oxygen atoms in total. The molecule has 0 atom stereocenters. The maximum atomic E-state index is 11.6. The highest BCUT2D eigenvalue weighted by Crippen LogP contribution is 2.14. The molecule has 0 bridgehead atoms. The molecule has 0 spiro atoms. The third-order valence-corrected chi connectivity index (χ3v) is 2.83. The molecule has 0 saturated carbocycles. The van der Waals surface area contributed by atoms with Gasteiger partial charge in [0, 0.05) is 0 Å². The predicted octanol–water partition coefficient (Wildman–Crippen LogP) is 0.293. The quantitative estimate of drug-likeness (QED) is 0.779. The van der Waals surface area contributed by atoms with E-state index < -0.39 is 12.5 Å². The fourth-order valence-corrected chi connectivity index (χ4v) is 1.89. The monoisotopic (exact) mass is 254 g/mol. The predicted molar refractivity (Wildman–Crippen MR) is 61.1 cm³/mol. The number of hydrogen-bond acceptors (Lipinski definition) is 4. The van der Waals surface area contributed by atoms with Crippen LogP contribution < -0.4 is 0 Å². The van der Waals surface area contributed by atoms with E-state index in [-0.39, 0.29) is 17.6 Å². The standard InChI is InChI=1S/C10H10N2O4S/c13-8-5-11(4-7-2-1-3-16-7)10(17)12(8)6-9(14)15/h1-3H,4-6H2,(H,14,15). The molecule has 1 saturated heterocycles. The second-order valence-electron chi connectivity index (χ2n) is 3.59. The number of amides is 1. The lowest BCUT2D eigenvalue weighted by Gasteiger charge is -2.17. The van der Waals surface area contributed by atoms with Gasteiger partial charge in [0.25, 0.3) is 0 Å². The van der Waals surface area contributed by atoms with Crippen LogP contribution >= 0.6 is 12.2 Å². The molecule has 1 fully saturated rings. The van der Waals surface area contributed by atoms with Gasteiger partial charge in [0.1, 0.15) is 18.8 Å². The number of carbonyl (C=O) groups is 2. The van der Waals surface area contributed by atoms with E-state index in [9.17, 15) is 9.59 Å². The van der Waals surface area contributed by atoms with Crippen LogP contribution in [0.2, 0.25) is 0 Å². The molecule has 0 aromatic carbocycles. The lowest BCUT2D eigenvalue weighted by Crippen LogP contribution is -2.36. The maximum absolute atomic E-state index is 11.6. The SMILES string of the molecule is O=C(O)CN1C(=O)CN(Cc2ccco2)C1=S. The minimum Gasteiger partial charge on any atom is -0.480 e. The molecule has 0 aliphatic carbocycles. The van der Waals surface area contributed by atoms with E-state index in [0.29, 0.717) is 12.3 Å². The van der Waals surface area contributed by atoms with Gasteiger partial charge >= 0.3 is 5.97 Å². The molecule has 1 aliphatic rings. The number of carboxylic acids is 1. The third kappa shape index (κ3) is 2.44. The normalized spacial score (nSPS) is 15.8. The zero-order valence-electron chi connectivity index (χ0n) is 8.83. The van der Waals surface area contributed by atoms with Gasteiger partial charge in [-0.05, 0) is 24.4 Å². The number of rotatable bonds is 4. The molecule has 2 heterocycles. The summed E-state index contributed by atoms with van der Waals surface area (Å²) in [6, 6.07) is 3.51. The van der Waals surface area contributed by atoms with E-state index in [4.69, 9.17) is 21.7 Å². The van der Waals surface area contributed by atoms with Gasteiger partial charge in [-0.15, -0.1) is 0 Å². The number of thiocarbonyl (C=S) groups is 1. The molecule has 90 valence electrons. The number of carbonyl (C=O) groups excluding carboxylic acids is 1. The van der Waals surface area contributed by atoms with Crippen molar-refractivity contribution in [3.8, 4) is 0 Å². The molecule has 17 heavy (non-hydrogen) atoms. The van der Waals surface area contributed by atoms with Crippen LogP contribution in [-0.2, 0) is 16.1 Å². The molecule has 1 N–H and O–H groups in total. The second-order valence-corrected chi connectivity index (χ2v) is 3.96. The zero-order valence-corrected chi connectivity index (χ0v) is 9.64. The third-order valence-electron chi connectivity index (χ3n) is 2.35. The lowest BCUT2D eigenvalue weighted by atomic mass is 10.4. The Bertz CT molecular complexity index is 457. The van der Waals surface area contributed by atoms with E-state index in [1.54, 1.807) is 17.0 Å². The maximum Gasteiger partial charge on any atom is 0.323 e. The van der Waals surface area contributed by atoms with Crippen molar-refractivity contribution in [2.75, 3.05) is 13.1 Å². The lowest BCUT2D eigenvalue weighted by molar-refractivity contribution is -0.140. The van der Waals surface area contributed by atoms with E-state index in [1.807, 2.05) is 0 Å². The van der Waals surface area contributed by atoms with E-state index in [2.05, 4.69) is 0 Å². The van der Waals surface area contributed by atoms with Crippen LogP contribution in [0.5, 0.6) is 0 Å². The first-order chi connectivity index (χ1) is 8.08. The number of aliphatic carboxylic acids is 1. The average Bonchev–Trinajstić information content (AvgIpc) is 2.83. The summed E-state index contributed by atoms with van der Waals surface area (Å²) in [4.78, 5) is 24.8. The van der Waals surface area contributed by atoms with Gasteiger partial charge < -0.3 is 14.4 Å². The van der Waals surface area contributed by atoms with E-state index >= 15 is 0 Å².